The van der Waals surface area contributed by atoms with Gasteiger partial charge in [0.15, 0.2) is 11.5 Å². The van der Waals surface area contributed by atoms with Crippen molar-refractivity contribution >= 4 is 17.6 Å². The second-order valence-electron chi connectivity index (χ2n) is 4.91. The Bertz CT molecular complexity index is 790. The van der Waals surface area contributed by atoms with Crippen molar-refractivity contribution in [2.24, 2.45) is 0 Å². The minimum absolute atomic E-state index is 0.229. The lowest BCUT2D eigenvalue weighted by Gasteiger charge is -2.06. The first-order chi connectivity index (χ1) is 11.0. The molecule has 0 saturated carbocycles. The maximum absolute atomic E-state index is 11.2. The van der Waals surface area contributed by atoms with Gasteiger partial charge in [-0.25, -0.2) is 0 Å². The second kappa shape index (κ2) is 6.79. The van der Waals surface area contributed by atoms with Crippen LogP contribution in [0.5, 0.6) is 17.2 Å². The van der Waals surface area contributed by atoms with E-state index >= 15 is 0 Å². The molecule has 2 aromatic rings. The predicted octanol–water partition coefficient (Wildman–Crippen LogP) is 2.83. The van der Waals surface area contributed by atoms with Crippen LogP contribution >= 0.6 is 0 Å². The van der Waals surface area contributed by atoms with E-state index in [9.17, 15) is 9.59 Å². The van der Waals surface area contributed by atoms with Crippen LogP contribution in [-0.4, -0.2) is 26.9 Å². The molecule has 0 aliphatic heterocycles. The zero-order valence-electron chi connectivity index (χ0n) is 12.5. The van der Waals surface area contributed by atoms with Crippen LogP contribution in [0.4, 0.5) is 0 Å². The fourth-order valence-corrected chi connectivity index (χ4v) is 2.12. The van der Waals surface area contributed by atoms with Gasteiger partial charge in [-0.05, 0) is 29.7 Å². The van der Waals surface area contributed by atoms with E-state index in [-0.39, 0.29) is 11.5 Å². The molecule has 5 heteroatoms. The molecule has 0 radical (unpaired) electrons. The van der Waals surface area contributed by atoms with Crippen LogP contribution in [0.2, 0.25) is 0 Å². The summed E-state index contributed by atoms with van der Waals surface area (Å²) in [7, 11) is 0. The van der Waals surface area contributed by atoms with Gasteiger partial charge >= 0.3 is 0 Å². The lowest BCUT2D eigenvalue weighted by molar-refractivity contribution is -0.110. The molecular weight excluding hydrogens is 296 g/mol. The van der Waals surface area contributed by atoms with Crippen molar-refractivity contribution in [1.82, 2.24) is 0 Å². The number of benzene rings is 2. The third kappa shape index (κ3) is 3.40. The van der Waals surface area contributed by atoms with Gasteiger partial charge < -0.3 is 15.3 Å². The summed E-state index contributed by atoms with van der Waals surface area (Å²) in [4.78, 5) is 22.1. The molecule has 0 unspecified atom stereocenters. The Hall–Kier alpha value is -3.08. The van der Waals surface area contributed by atoms with Crippen molar-refractivity contribution in [3.63, 3.8) is 0 Å². The molecule has 3 N–H and O–H groups in total. The van der Waals surface area contributed by atoms with Crippen molar-refractivity contribution < 1.29 is 24.9 Å². The van der Waals surface area contributed by atoms with Gasteiger partial charge in [-0.1, -0.05) is 43.3 Å². The molecule has 0 aromatic heterocycles. The quantitative estimate of drug-likeness (QED) is 0.556. The van der Waals surface area contributed by atoms with Gasteiger partial charge in [0.1, 0.15) is 0 Å². The Morgan fingerprint density at radius 3 is 2.26 bits per heavy atom. The zero-order valence-corrected chi connectivity index (χ0v) is 12.5. The number of fused-ring (bicyclic) bond motifs is 1. The zero-order chi connectivity index (χ0) is 17.0. The highest BCUT2D eigenvalue weighted by molar-refractivity contribution is 6.49. The van der Waals surface area contributed by atoms with Gasteiger partial charge in [-0.2, -0.15) is 0 Å². The number of ketones is 2. The number of hydrogen-bond donors (Lipinski definition) is 3. The molecule has 118 valence electrons. The molecule has 23 heavy (non-hydrogen) atoms. The molecule has 2 aromatic carbocycles. The van der Waals surface area contributed by atoms with E-state index in [1.54, 1.807) is 24.3 Å². The highest BCUT2D eigenvalue weighted by Crippen LogP contribution is 2.36. The number of carbonyl (C=O) groups excluding carboxylic acids is 2. The molecule has 5 nitrogen and oxygen atoms in total. The average molecular weight is 312 g/mol. The number of aryl methyl sites for hydroxylation is 1. The van der Waals surface area contributed by atoms with E-state index in [2.05, 4.69) is 0 Å². The molecule has 3 rings (SSSR count). The van der Waals surface area contributed by atoms with Crippen molar-refractivity contribution in [1.29, 1.82) is 0 Å². The summed E-state index contributed by atoms with van der Waals surface area (Å²) in [6, 6.07) is 10.0. The summed E-state index contributed by atoms with van der Waals surface area (Å²) < 4.78 is 0. The molecule has 0 fully saturated rings. The van der Waals surface area contributed by atoms with Gasteiger partial charge in [0.2, 0.25) is 17.3 Å². The van der Waals surface area contributed by atoms with Crippen LogP contribution in [0, 0.1) is 0 Å². The number of allylic oxidation sites excluding steroid dienone is 1. The van der Waals surface area contributed by atoms with Gasteiger partial charge in [0.25, 0.3) is 0 Å². The summed E-state index contributed by atoms with van der Waals surface area (Å²) in [5, 5.41) is 27.1. The molecular formula is C18H16O5. The number of aromatic hydroxyl groups is 3. The van der Waals surface area contributed by atoms with Crippen molar-refractivity contribution in [2.75, 3.05) is 0 Å². The van der Waals surface area contributed by atoms with Gasteiger partial charge in [-0.3, -0.25) is 9.59 Å². The first-order valence-electron chi connectivity index (χ1n) is 7.04. The topological polar surface area (TPSA) is 94.8 Å². The Morgan fingerprint density at radius 2 is 1.57 bits per heavy atom. The molecule has 0 spiro atoms. The fraction of sp³-hybridized carbons (Fsp3) is 0.111. The van der Waals surface area contributed by atoms with Crippen LogP contribution in [0.25, 0.3) is 6.08 Å². The van der Waals surface area contributed by atoms with E-state index < -0.39 is 17.3 Å². The first kappa shape index (κ1) is 16.3. The smallest absolute Gasteiger partial charge is 0.233 e. The highest BCUT2D eigenvalue weighted by Gasteiger charge is 2.19. The summed E-state index contributed by atoms with van der Waals surface area (Å²) >= 11 is 0. The fourth-order valence-electron chi connectivity index (χ4n) is 2.12. The summed E-state index contributed by atoms with van der Waals surface area (Å²) in [5.41, 5.74) is 1.95. The summed E-state index contributed by atoms with van der Waals surface area (Å²) in [6.45, 7) is 1.85. The maximum atomic E-state index is 11.2. The van der Waals surface area contributed by atoms with Gasteiger partial charge in [0, 0.05) is 5.56 Å². The predicted molar refractivity (Wildman–Crippen MR) is 85.6 cm³/mol. The lowest BCUT2D eigenvalue weighted by atomic mass is 9.96. The third-order valence-corrected chi connectivity index (χ3v) is 3.44. The largest absolute Gasteiger partial charge is 0.504 e. The van der Waals surface area contributed by atoms with Crippen LogP contribution in [0.15, 0.2) is 42.5 Å². The normalized spacial score (nSPS) is 12.4. The number of carbonyl (C=O) groups is 2. The number of phenols is 3. The van der Waals surface area contributed by atoms with E-state index in [4.69, 9.17) is 15.3 Å². The molecule has 1 aliphatic carbocycles. The SMILES string of the molecule is CCc1ccc(O)c(O)c1O.O=C1C=Cc2ccccc2C1=O. The molecule has 1 aliphatic rings. The Balaban J connectivity index is 0.000000168. The molecule has 0 atom stereocenters. The van der Waals surface area contributed by atoms with Gasteiger partial charge in [-0.15, -0.1) is 0 Å². The van der Waals surface area contributed by atoms with Crippen LogP contribution in [0.3, 0.4) is 0 Å². The molecule has 0 heterocycles. The van der Waals surface area contributed by atoms with E-state index in [1.807, 2.05) is 19.1 Å². The third-order valence-electron chi connectivity index (χ3n) is 3.44. The van der Waals surface area contributed by atoms with Crippen LogP contribution < -0.4 is 0 Å². The highest BCUT2D eigenvalue weighted by atomic mass is 16.3. The second-order valence-corrected chi connectivity index (χ2v) is 4.91. The number of Topliss-reactive ketones (excluding diaryl/α,β-unsaturated/α-hetero) is 1. The van der Waals surface area contributed by atoms with E-state index in [0.717, 1.165) is 5.56 Å². The van der Waals surface area contributed by atoms with Crippen molar-refractivity contribution in [3.8, 4) is 17.2 Å². The molecule has 0 saturated heterocycles. The number of rotatable bonds is 1. The Morgan fingerprint density at radius 1 is 0.870 bits per heavy atom. The standard InChI is InChI=1S/C10H6O2.C8H10O3/c11-9-6-5-7-3-1-2-4-8(7)10(9)12;1-2-5-3-4-6(9)8(11)7(5)10/h1-6H;3-4,9-11H,2H2,1H3. The van der Waals surface area contributed by atoms with Crippen LogP contribution in [-0.2, 0) is 11.2 Å². The molecule has 0 amide bonds. The first-order valence-corrected chi connectivity index (χ1v) is 7.04. The Labute approximate surface area is 133 Å². The monoisotopic (exact) mass is 312 g/mol. The molecule has 0 bridgehead atoms. The average Bonchev–Trinajstić information content (AvgIpc) is 2.57. The van der Waals surface area contributed by atoms with Crippen molar-refractivity contribution in [2.45, 2.75) is 13.3 Å². The minimum atomic E-state index is -0.440. The Kier molecular flexibility index (Phi) is 4.81. The van der Waals surface area contributed by atoms with Gasteiger partial charge in [0.05, 0.1) is 0 Å². The number of phenolic OH excluding ortho intramolecular Hbond substituents is 3. The maximum Gasteiger partial charge on any atom is 0.233 e. The minimum Gasteiger partial charge on any atom is -0.504 e. The van der Waals surface area contributed by atoms with Crippen molar-refractivity contribution in [3.05, 3.63) is 59.2 Å². The van der Waals surface area contributed by atoms with E-state index in [0.29, 0.717) is 17.5 Å². The lowest BCUT2D eigenvalue weighted by Crippen LogP contribution is -2.15. The number of hydrogen-bond acceptors (Lipinski definition) is 5. The van der Waals surface area contributed by atoms with Crippen LogP contribution in [0.1, 0.15) is 28.4 Å². The summed E-state index contributed by atoms with van der Waals surface area (Å²) in [6.07, 6.45) is 3.60. The summed E-state index contributed by atoms with van der Waals surface area (Å²) in [5.74, 6) is -1.81. The van der Waals surface area contributed by atoms with E-state index in [1.165, 1.54) is 12.1 Å².